The van der Waals surface area contributed by atoms with Crippen LogP contribution in [0.1, 0.15) is 99.7 Å². The monoisotopic (exact) mass is 814 g/mol. The van der Waals surface area contributed by atoms with E-state index in [1.165, 1.54) is 5.57 Å². The first kappa shape index (κ1) is 43.6. The molecule has 7 rings (SSSR count). The van der Waals surface area contributed by atoms with Gasteiger partial charge in [-0.05, 0) is 136 Å². The van der Waals surface area contributed by atoms with Gasteiger partial charge in [-0.15, -0.1) is 0 Å². The summed E-state index contributed by atoms with van der Waals surface area (Å²) >= 11 is 0. The molecule has 7 N–H and O–H groups in total. The molecule has 8 heteroatoms. The number of unbranched alkanes of at least 4 members (excludes halogenated alkanes) is 2. The summed E-state index contributed by atoms with van der Waals surface area (Å²) in [5, 5.41) is 50.5. The zero-order chi connectivity index (χ0) is 42.2. The van der Waals surface area contributed by atoms with Gasteiger partial charge >= 0.3 is 5.97 Å². The van der Waals surface area contributed by atoms with Crippen molar-refractivity contribution in [1.82, 2.24) is 5.32 Å². The minimum atomic E-state index is -0.956. The molecule has 0 aliphatic heterocycles. The van der Waals surface area contributed by atoms with Gasteiger partial charge in [-0.2, -0.15) is 0 Å². The third-order valence-corrected chi connectivity index (χ3v) is 14.8. The van der Waals surface area contributed by atoms with Crippen LogP contribution in [0.15, 0.2) is 96.6 Å². The molecule has 2 bridgehead atoms. The molecule has 4 aliphatic rings. The van der Waals surface area contributed by atoms with Crippen LogP contribution in [0.4, 0.5) is 0 Å². The summed E-state index contributed by atoms with van der Waals surface area (Å²) in [5.41, 5.74) is 9.55. The van der Waals surface area contributed by atoms with E-state index in [4.69, 9.17) is 5.73 Å². The van der Waals surface area contributed by atoms with E-state index in [2.05, 4.69) is 47.8 Å². The Bertz CT molecular complexity index is 2130. The summed E-state index contributed by atoms with van der Waals surface area (Å²) in [6, 6.07) is 24.0. The smallest absolute Gasteiger partial charge is 0.308 e. The van der Waals surface area contributed by atoms with Gasteiger partial charge in [0.25, 0.3) is 0 Å². The number of likely N-dealkylation sites (N-methyl/N-ethyl adjacent to an activating group) is 1. The first-order valence-electron chi connectivity index (χ1n) is 22.6. The molecule has 320 valence electrons. The number of carboxylic acid groups (broad SMARTS) is 1. The predicted molar refractivity (Wildman–Crippen MR) is 239 cm³/mol. The average Bonchev–Trinajstić information content (AvgIpc) is 3.72. The second-order valence-corrected chi connectivity index (χ2v) is 18.4. The molecule has 10 unspecified atom stereocenters. The number of fused-ring (bicyclic) bond motifs is 5. The molecule has 3 aromatic rings. The molecular weight excluding hydrogens is 749 g/mol. The van der Waals surface area contributed by atoms with Crippen molar-refractivity contribution in [3.05, 3.63) is 124 Å². The minimum Gasteiger partial charge on any atom is -0.511 e. The van der Waals surface area contributed by atoms with Crippen molar-refractivity contribution in [2.45, 2.75) is 101 Å². The lowest BCUT2D eigenvalue weighted by molar-refractivity contribution is -0.149. The third kappa shape index (κ3) is 9.51. The Morgan fingerprint density at radius 1 is 0.983 bits per heavy atom. The van der Waals surface area contributed by atoms with E-state index in [9.17, 15) is 30.0 Å². The van der Waals surface area contributed by atoms with Gasteiger partial charge in [-0.1, -0.05) is 110 Å². The highest BCUT2D eigenvalue weighted by Crippen LogP contribution is 2.55. The maximum absolute atomic E-state index is 13.9. The van der Waals surface area contributed by atoms with Gasteiger partial charge in [0.05, 0.1) is 12.0 Å². The van der Waals surface area contributed by atoms with Crippen LogP contribution in [0.2, 0.25) is 0 Å². The van der Waals surface area contributed by atoms with E-state index >= 15 is 0 Å². The van der Waals surface area contributed by atoms with Gasteiger partial charge in [0, 0.05) is 34.9 Å². The molecule has 60 heavy (non-hydrogen) atoms. The number of aliphatic hydroxyl groups is 2. The zero-order valence-electron chi connectivity index (χ0n) is 35.3. The second kappa shape index (κ2) is 19.9. The van der Waals surface area contributed by atoms with Gasteiger partial charge < -0.3 is 36.3 Å². The first-order valence-corrected chi connectivity index (χ1v) is 22.6. The molecule has 1 spiro atoms. The topological polar surface area (TPSA) is 153 Å². The SMILES string of the molecule is CNCC(O)C1C=CCC(CCCCCC(C=O)C2C=C(CCN)CC2)C(c2ccc(O)cc2)Cc2cccc(c2)C2(CCC3C=c4ccccc4=C(O)C3C2)C1C(=O)O. The first-order chi connectivity index (χ1) is 29.1. The number of carboxylic acids is 1. The summed E-state index contributed by atoms with van der Waals surface area (Å²) in [7, 11) is 1.78. The molecule has 10 atom stereocenters. The van der Waals surface area contributed by atoms with Crippen molar-refractivity contribution in [1.29, 1.82) is 0 Å². The largest absolute Gasteiger partial charge is 0.511 e. The van der Waals surface area contributed by atoms with Crippen molar-refractivity contribution in [3.8, 4) is 5.75 Å². The van der Waals surface area contributed by atoms with Crippen LogP contribution in [-0.2, 0) is 21.4 Å². The molecule has 0 saturated heterocycles. The third-order valence-electron chi connectivity index (χ3n) is 14.8. The summed E-state index contributed by atoms with van der Waals surface area (Å²) < 4.78 is 0. The standard InChI is InChI=1S/C52H66N2O6/c1-54-32-48(57)45-16-8-13-36(10-3-2-4-12-41(33-55)38-18-17-34(27-38)24-26-53)46(37-19-21-43(56)22-20-37)29-35-9-7-14-42(28-35)52(49(45)51(59)60)25-23-40-30-39-11-5-6-15-44(39)50(58)47(40)31-52/h5-9,11,14-16,19-22,27-28,30,33,36,38,40-41,45-49,54,56-58H,2-4,10,12-13,17-18,23-26,29,31-32,53H2,1H3,(H,59,60). The van der Waals surface area contributed by atoms with Crippen molar-refractivity contribution in [2.24, 2.45) is 47.2 Å². The lowest BCUT2D eigenvalue weighted by Crippen LogP contribution is -2.53. The lowest BCUT2D eigenvalue weighted by atomic mass is 9.53. The molecule has 4 aliphatic carbocycles. The number of benzene rings is 3. The van der Waals surface area contributed by atoms with Crippen LogP contribution in [0.25, 0.3) is 11.8 Å². The number of hydrogen-bond acceptors (Lipinski definition) is 7. The number of aromatic hydroxyl groups is 1. The van der Waals surface area contributed by atoms with E-state index in [0.717, 1.165) is 91.2 Å². The van der Waals surface area contributed by atoms with Crippen LogP contribution in [0.3, 0.4) is 0 Å². The number of hydrogen-bond donors (Lipinski definition) is 6. The summed E-state index contributed by atoms with van der Waals surface area (Å²) in [6.45, 7) is 0.890. The van der Waals surface area contributed by atoms with Crippen molar-refractivity contribution >= 4 is 24.1 Å². The molecule has 1 saturated carbocycles. The normalized spacial score (nSPS) is 28.6. The van der Waals surface area contributed by atoms with Gasteiger partial charge in [0.1, 0.15) is 17.8 Å². The summed E-state index contributed by atoms with van der Waals surface area (Å²) in [6.07, 6.45) is 19.9. The Morgan fingerprint density at radius 2 is 1.80 bits per heavy atom. The van der Waals surface area contributed by atoms with Crippen molar-refractivity contribution < 1.29 is 30.0 Å². The number of phenolic OH excluding ortho intramolecular Hbond substituents is 1. The Morgan fingerprint density at radius 3 is 2.57 bits per heavy atom. The Kier molecular flexibility index (Phi) is 14.5. The summed E-state index contributed by atoms with van der Waals surface area (Å²) in [5.74, 6) is -1.53. The quantitative estimate of drug-likeness (QED) is 0.0526. The van der Waals surface area contributed by atoms with Crippen LogP contribution >= 0.6 is 0 Å². The number of nitrogens with two attached hydrogens (primary N) is 1. The fraction of sp³-hybridized carbons (Fsp3) is 0.500. The number of aliphatic hydroxyl groups excluding tert-OH is 2. The number of aldehydes is 1. The van der Waals surface area contributed by atoms with Crippen LogP contribution in [0, 0.1) is 41.4 Å². The Labute approximate surface area is 356 Å². The van der Waals surface area contributed by atoms with Crippen LogP contribution < -0.4 is 21.5 Å². The van der Waals surface area contributed by atoms with E-state index < -0.39 is 29.3 Å². The van der Waals surface area contributed by atoms with Gasteiger partial charge in [-0.3, -0.25) is 4.79 Å². The van der Waals surface area contributed by atoms with Gasteiger partial charge in [0.15, 0.2) is 0 Å². The highest BCUT2D eigenvalue weighted by atomic mass is 16.4. The van der Waals surface area contributed by atoms with Crippen molar-refractivity contribution in [3.63, 3.8) is 0 Å². The number of carbonyl (C=O) groups is 2. The number of nitrogens with one attached hydrogen (secondary N) is 1. The van der Waals surface area contributed by atoms with E-state index in [-0.39, 0.29) is 41.9 Å². The maximum Gasteiger partial charge on any atom is 0.308 e. The van der Waals surface area contributed by atoms with E-state index in [1.807, 2.05) is 42.5 Å². The highest BCUT2D eigenvalue weighted by molar-refractivity contribution is 5.74. The van der Waals surface area contributed by atoms with Gasteiger partial charge in [-0.25, -0.2) is 0 Å². The number of carbonyl (C=O) groups excluding carboxylic acids is 1. The molecule has 3 aromatic carbocycles. The van der Waals surface area contributed by atoms with E-state index in [0.29, 0.717) is 43.9 Å². The average molecular weight is 815 g/mol. The van der Waals surface area contributed by atoms with Crippen LogP contribution in [-0.4, -0.2) is 58.9 Å². The van der Waals surface area contributed by atoms with Crippen molar-refractivity contribution in [2.75, 3.05) is 20.1 Å². The number of aliphatic carboxylic acids is 1. The molecule has 0 aromatic heterocycles. The maximum atomic E-state index is 13.9. The highest BCUT2D eigenvalue weighted by Gasteiger charge is 2.54. The second-order valence-electron chi connectivity index (χ2n) is 18.4. The lowest BCUT2D eigenvalue weighted by Gasteiger charge is -2.50. The molecule has 8 nitrogen and oxygen atoms in total. The molecule has 1 fully saturated rings. The minimum absolute atomic E-state index is 0.0389. The molecule has 0 radical (unpaired) electrons. The number of rotatable bonds is 15. The fourth-order valence-electron chi connectivity index (χ4n) is 11.7. The molecular formula is C52H66N2O6. The zero-order valence-corrected chi connectivity index (χ0v) is 35.3. The number of allylic oxidation sites excluding steroid dienone is 2. The van der Waals surface area contributed by atoms with Gasteiger partial charge in [0.2, 0.25) is 0 Å². The molecule has 0 amide bonds. The fourth-order valence-corrected chi connectivity index (χ4v) is 11.7. The van der Waals surface area contributed by atoms with Crippen LogP contribution in [0.5, 0.6) is 5.75 Å². The van der Waals surface area contributed by atoms with E-state index in [1.54, 1.807) is 19.2 Å². The number of phenols is 1. The predicted octanol–water partition coefficient (Wildman–Crippen LogP) is 7.46. The Balaban J connectivity index is 1.22. The summed E-state index contributed by atoms with van der Waals surface area (Å²) in [4.78, 5) is 26.1. The molecule has 0 heterocycles. The Hall–Kier alpha value is -4.50.